The topological polar surface area (TPSA) is 66.4 Å². The van der Waals surface area contributed by atoms with Crippen LogP contribution in [0.2, 0.25) is 0 Å². The second-order valence-electron chi connectivity index (χ2n) is 4.23. The maximum Gasteiger partial charge on any atom is 0.163 e. The van der Waals surface area contributed by atoms with Crippen molar-refractivity contribution in [1.29, 1.82) is 0 Å². The number of para-hydroxylation sites is 1. The van der Waals surface area contributed by atoms with Crippen molar-refractivity contribution in [3.05, 3.63) is 60.2 Å². The maximum atomic E-state index is 11.7. The number of aliphatic carboxylic acids is 1. The van der Waals surface area contributed by atoms with Crippen LogP contribution in [0, 0.1) is 0 Å². The summed E-state index contributed by atoms with van der Waals surface area (Å²) < 4.78 is 5.60. The molecule has 2 aromatic rings. The van der Waals surface area contributed by atoms with Crippen molar-refractivity contribution in [2.45, 2.75) is 12.8 Å². The molecular weight excluding hydrogens is 256 g/mol. The fourth-order valence-electron chi connectivity index (χ4n) is 1.69. The molecule has 0 atom stereocenters. The number of Topliss-reactive ketones (excluding diaryl/α,β-unsaturated/α-hetero) is 1. The van der Waals surface area contributed by atoms with Gasteiger partial charge in [0.05, 0.1) is 0 Å². The summed E-state index contributed by atoms with van der Waals surface area (Å²) in [7, 11) is 0. The molecule has 20 heavy (non-hydrogen) atoms. The van der Waals surface area contributed by atoms with Gasteiger partial charge in [-0.15, -0.1) is 0 Å². The Morgan fingerprint density at radius 2 is 1.45 bits per heavy atom. The van der Waals surface area contributed by atoms with Gasteiger partial charge in [0.2, 0.25) is 0 Å². The van der Waals surface area contributed by atoms with Crippen molar-refractivity contribution < 1.29 is 19.4 Å². The molecule has 0 saturated heterocycles. The molecule has 0 spiro atoms. The summed E-state index contributed by atoms with van der Waals surface area (Å²) >= 11 is 0. The van der Waals surface area contributed by atoms with Gasteiger partial charge in [0.15, 0.2) is 5.78 Å². The summed E-state index contributed by atoms with van der Waals surface area (Å²) in [6.45, 7) is 0. The number of carboxylic acid groups (broad SMARTS) is 1. The highest BCUT2D eigenvalue weighted by molar-refractivity contribution is 5.97. The molecule has 4 heteroatoms. The van der Waals surface area contributed by atoms with E-state index in [1.165, 1.54) is 0 Å². The number of carbonyl (C=O) groups excluding carboxylic acids is 2. The van der Waals surface area contributed by atoms with Crippen molar-refractivity contribution in [1.82, 2.24) is 0 Å². The van der Waals surface area contributed by atoms with Gasteiger partial charge in [0.1, 0.15) is 11.5 Å². The first-order chi connectivity index (χ1) is 9.65. The first-order valence-corrected chi connectivity index (χ1v) is 6.21. The van der Waals surface area contributed by atoms with Gasteiger partial charge in [-0.2, -0.15) is 0 Å². The molecule has 0 aliphatic carbocycles. The predicted molar refractivity (Wildman–Crippen MR) is 71.5 cm³/mol. The van der Waals surface area contributed by atoms with Crippen molar-refractivity contribution in [3.63, 3.8) is 0 Å². The smallest absolute Gasteiger partial charge is 0.163 e. The molecule has 0 N–H and O–H groups in total. The average molecular weight is 269 g/mol. The number of hydrogen-bond donors (Lipinski definition) is 0. The Kier molecular flexibility index (Phi) is 4.50. The Bertz CT molecular complexity index is 588. The van der Waals surface area contributed by atoms with E-state index in [4.69, 9.17) is 4.74 Å². The van der Waals surface area contributed by atoms with Crippen LogP contribution in [0.3, 0.4) is 0 Å². The number of carbonyl (C=O) groups is 2. The van der Waals surface area contributed by atoms with Crippen LogP contribution in [-0.4, -0.2) is 11.8 Å². The standard InChI is InChI=1S/C16H14O4/c17-15(10-11-16(18)19)12-6-8-14(9-7-12)20-13-4-2-1-3-5-13/h1-9H,10-11H2,(H,18,19)/p-1. The van der Waals surface area contributed by atoms with Gasteiger partial charge in [-0.25, -0.2) is 0 Å². The molecule has 0 radical (unpaired) electrons. The van der Waals surface area contributed by atoms with Crippen molar-refractivity contribution >= 4 is 11.8 Å². The SMILES string of the molecule is O=C([O-])CCC(=O)c1ccc(Oc2ccccc2)cc1. The van der Waals surface area contributed by atoms with E-state index in [0.29, 0.717) is 17.1 Å². The average Bonchev–Trinajstić information content (AvgIpc) is 2.46. The highest BCUT2D eigenvalue weighted by atomic mass is 16.5. The Labute approximate surface area is 116 Å². The van der Waals surface area contributed by atoms with Gasteiger partial charge in [0.25, 0.3) is 0 Å². The van der Waals surface area contributed by atoms with Gasteiger partial charge < -0.3 is 14.6 Å². The lowest BCUT2D eigenvalue weighted by Gasteiger charge is -2.06. The van der Waals surface area contributed by atoms with E-state index >= 15 is 0 Å². The van der Waals surface area contributed by atoms with E-state index in [0.717, 1.165) is 0 Å². The molecule has 0 fully saturated rings. The zero-order valence-electron chi connectivity index (χ0n) is 10.7. The number of hydrogen-bond acceptors (Lipinski definition) is 4. The normalized spacial score (nSPS) is 10.0. The van der Waals surface area contributed by atoms with E-state index in [-0.39, 0.29) is 18.6 Å². The molecule has 0 aromatic heterocycles. The zero-order valence-corrected chi connectivity index (χ0v) is 10.7. The Morgan fingerprint density at radius 3 is 2.05 bits per heavy atom. The van der Waals surface area contributed by atoms with E-state index < -0.39 is 5.97 Å². The van der Waals surface area contributed by atoms with Crippen LogP contribution in [0.1, 0.15) is 23.2 Å². The molecule has 2 rings (SSSR count). The molecule has 4 nitrogen and oxygen atoms in total. The zero-order chi connectivity index (χ0) is 14.4. The summed E-state index contributed by atoms with van der Waals surface area (Å²) in [5.41, 5.74) is 0.465. The Balaban J connectivity index is 1.99. The van der Waals surface area contributed by atoms with E-state index in [1.807, 2.05) is 30.3 Å². The number of ketones is 1. The van der Waals surface area contributed by atoms with Crippen LogP contribution in [0.15, 0.2) is 54.6 Å². The van der Waals surface area contributed by atoms with Crippen LogP contribution >= 0.6 is 0 Å². The van der Waals surface area contributed by atoms with Crippen molar-refractivity contribution in [3.8, 4) is 11.5 Å². The summed E-state index contributed by atoms with van der Waals surface area (Å²) in [6.07, 6.45) is -0.317. The second-order valence-corrected chi connectivity index (χ2v) is 4.23. The van der Waals surface area contributed by atoms with E-state index in [1.54, 1.807) is 24.3 Å². The van der Waals surface area contributed by atoms with Gasteiger partial charge in [-0.05, 0) is 42.8 Å². The third-order valence-electron chi connectivity index (χ3n) is 2.71. The van der Waals surface area contributed by atoms with Crippen molar-refractivity contribution in [2.75, 3.05) is 0 Å². The van der Waals surface area contributed by atoms with Crippen LogP contribution in [0.4, 0.5) is 0 Å². The molecule has 0 bridgehead atoms. The fourth-order valence-corrected chi connectivity index (χ4v) is 1.69. The first kappa shape index (κ1) is 13.8. The summed E-state index contributed by atoms with van der Waals surface area (Å²) in [5, 5.41) is 10.3. The minimum absolute atomic E-state index is 0.0543. The van der Waals surface area contributed by atoms with Crippen LogP contribution in [0.25, 0.3) is 0 Å². The second kappa shape index (κ2) is 6.52. The summed E-state index contributed by atoms with van der Waals surface area (Å²) in [4.78, 5) is 22.0. The van der Waals surface area contributed by atoms with E-state index in [2.05, 4.69) is 0 Å². The van der Waals surface area contributed by atoms with Gasteiger partial charge >= 0.3 is 0 Å². The molecule has 2 aromatic carbocycles. The third kappa shape index (κ3) is 3.95. The number of rotatable bonds is 6. The molecule has 0 heterocycles. The van der Waals surface area contributed by atoms with Crippen LogP contribution in [-0.2, 0) is 4.79 Å². The highest BCUT2D eigenvalue weighted by Gasteiger charge is 2.06. The molecule has 0 aliphatic heterocycles. The quantitative estimate of drug-likeness (QED) is 0.754. The Hall–Kier alpha value is -2.62. The van der Waals surface area contributed by atoms with Gasteiger partial charge in [-0.3, -0.25) is 4.79 Å². The molecule has 0 unspecified atom stereocenters. The Morgan fingerprint density at radius 1 is 0.850 bits per heavy atom. The summed E-state index contributed by atoms with van der Waals surface area (Å²) in [6, 6.07) is 15.9. The minimum Gasteiger partial charge on any atom is -0.550 e. The summed E-state index contributed by atoms with van der Waals surface area (Å²) in [5.74, 6) is -0.112. The molecule has 0 saturated carbocycles. The van der Waals surface area contributed by atoms with E-state index in [9.17, 15) is 14.7 Å². The van der Waals surface area contributed by atoms with Crippen LogP contribution in [0.5, 0.6) is 11.5 Å². The van der Waals surface area contributed by atoms with Gasteiger partial charge in [0, 0.05) is 18.0 Å². The molecular formula is C16H13O4-. The number of benzene rings is 2. The lowest BCUT2D eigenvalue weighted by Crippen LogP contribution is -2.22. The largest absolute Gasteiger partial charge is 0.550 e. The lowest BCUT2D eigenvalue weighted by atomic mass is 10.1. The van der Waals surface area contributed by atoms with Crippen molar-refractivity contribution in [2.24, 2.45) is 0 Å². The lowest BCUT2D eigenvalue weighted by molar-refractivity contribution is -0.305. The highest BCUT2D eigenvalue weighted by Crippen LogP contribution is 2.21. The number of carboxylic acids is 1. The third-order valence-corrected chi connectivity index (χ3v) is 2.71. The fraction of sp³-hybridized carbons (Fsp3) is 0.125. The molecule has 0 aliphatic rings. The van der Waals surface area contributed by atoms with Gasteiger partial charge in [-0.1, -0.05) is 18.2 Å². The number of ether oxygens (including phenoxy) is 1. The van der Waals surface area contributed by atoms with Crippen LogP contribution < -0.4 is 9.84 Å². The maximum absolute atomic E-state index is 11.7. The molecule has 0 amide bonds. The first-order valence-electron chi connectivity index (χ1n) is 6.21. The predicted octanol–water partition coefficient (Wildman–Crippen LogP) is 2.19. The minimum atomic E-state index is -1.22. The molecule has 102 valence electrons. The monoisotopic (exact) mass is 269 g/mol.